The molecule has 1 aliphatic rings. The Labute approximate surface area is 173 Å². The molecule has 0 bridgehead atoms. The van der Waals surface area contributed by atoms with Gasteiger partial charge < -0.3 is 9.42 Å². The zero-order valence-corrected chi connectivity index (χ0v) is 16.7. The number of benzene rings is 1. The van der Waals surface area contributed by atoms with Crippen molar-refractivity contribution in [1.29, 1.82) is 0 Å². The van der Waals surface area contributed by atoms with Crippen molar-refractivity contribution in [1.82, 2.24) is 19.8 Å². The van der Waals surface area contributed by atoms with E-state index in [9.17, 15) is 14.9 Å². The van der Waals surface area contributed by atoms with Crippen LogP contribution in [0.15, 0.2) is 47.2 Å². The summed E-state index contributed by atoms with van der Waals surface area (Å²) in [5, 5.41) is 18.8. The van der Waals surface area contributed by atoms with E-state index in [4.69, 9.17) is 4.52 Å². The Morgan fingerprint density at radius 2 is 2.00 bits per heavy atom. The molecular formula is C21H23N5O4. The number of nitro groups is 1. The van der Waals surface area contributed by atoms with Crippen LogP contribution in [0.25, 0.3) is 0 Å². The lowest BCUT2D eigenvalue weighted by atomic mass is 9.90. The molecule has 2 aromatic heterocycles. The van der Waals surface area contributed by atoms with Crippen LogP contribution in [0, 0.1) is 23.0 Å². The first kappa shape index (κ1) is 19.8. The first-order valence-electron chi connectivity index (χ1n) is 9.96. The van der Waals surface area contributed by atoms with Gasteiger partial charge in [-0.3, -0.25) is 19.6 Å². The van der Waals surface area contributed by atoms with Gasteiger partial charge in [-0.2, -0.15) is 5.10 Å². The maximum absolute atomic E-state index is 13.1. The number of aryl methyl sites for hydroxylation is 1. The fraction of sp³-hybridized carbons (Fsp3) is 0.381. The highest BCUT2D eigenvalue weighted by Crippen LogP contribution is 2.24. The molecule has 9 heteroatoms. The van der Waals surface area contributed by atoms with Gasteiger partial charge in [0.1, 0.15) is 18.2 Å². The summed E-state index contributed by atoms with van der Waals surface area (Å²) < 4.78 is 6.68. The molecule has 0 N–H and O–H groups in total. The molecule has 1 aromatic carbocycles. The molecule has 1 amide bonds. The third-order valence-corrected chi connectivity index (χ3v) is 5.61. The molecule has 0 spiro atoms. The van der Waals surface area contributed by atoms with Crippen molar-refractivity contribution < 1.29 is 14.2 Å². The van der Waals surface area contributed by atoms with Gasteiger partial charge in [0.05, 0.1) is 11.5 Å². The second kappa shape index (κ2) is 8.48. The molecule has 3 aromatic rings. The fourth-order valence-corrected chi connectivity index (χ4v) is 3.88. The largest absolute Gasteiger partial charge is 0.361 e. The summed E-state index contributed by atoms with van der Waals surface area (Å²) in [5.74, 6) is 0.900. The van der Waals surface area contributed by atoms with Gasteiger partial charge in [0, 0.05) is 18.7 Å². The van der Waals surface area contributed by atoms with Crippen molar-refractivity contribution in [3.05, 3.63) is 75.4 Å². The summed E-state index contributed by atoms with van der Waals surface area (Å²) in [5.41, 5.74) is 2.08. The van der Waals surface area contributed by atoms with Crippen molar-refractivity contribution in [2.45, 2.75) is 32.7 Å². The van der Waals surface area contributed by atoms with E-state index in [1.807, 2.05) is 11.0 Å². The number of piperidine rings is 1. The standard InChI is InChI=1S/C21H23N5O4/c1-15-19(14-25-13-18(12-22-25)26(28)29)20(23-30-15)21(27)24-9-7-17(8-10-24)11-16-5-3-2-4-6-16/h2-6,12-13,17H,7-11,14H2,1H3. The molecule has 0 aliphatic carbocycles. The van der Waals surface area contributed by atoms with Crippen LogP contribution in [0.1, 0.15) is 40.2 Å². The highest BCUT2D eigenvalue weighted by molar-refractivity contribution is 5.93. The van der Waals surface area contributed by atoms with Gasteiger partial charge in [-0.1, -0.05) is 35.5 Å². The first-order chi connectivity index (χ1) is 14.5. The molecule has 9 nitrogen and oxygen atoms in total. The summed E-state index contributed by atoms with van der Waals surface area (Å²) >= 11 is 0. The van der Waals surface area contributed by atoms with Crippen LogP contribution in [0.3, 0.4) is 0 Å². The molecule has 1 saturated heterocycles. The second-order valence-corrected chi connectivity index (χ2v) is 7.64. The molecule has 156 valence electrons. The Morgan fingerprint density at radius 1 is 1.27 bits per heavy atom. The normalized spacial score (nSPS) is 14.8. The lowest BCUT2D eigenvalue weighted by Crippen LogP contribution is -2.39. The molecule has 0 saturated carbocycles. The van der Waals surface area contributed by atoms with Crippen LogP contribution >= 0.6 is 0 Å². The Morgan fingerprint density at radius 3 is 2.67 bits per heavy atom. The lowest BCUT2D eigenvalue weighted by molar-refractivity contribution is -0.385. The third-order valence-electron chi connectivity index (χ3n) is 5.61. The van der Waals surface area contributed by atoms with Gasteiger partial charge in [-0.05, 0) is 37.7 Å². The summed E-state index contributed by atoms with van der Waals surface area (Å²) in [6.07, 6.45) is 5.42. The zero-order chi connectivity index (χ0) is 21.1. The summed E-state index contributed by atoms with van der Waals surface area (Å²) in [7, 11) is 0. The van der Waals surface area contributed by atoms with Crippen molar-refractivity contribution in [3.8, 4) is 0 Å². The number of rotatable bonds is 6. The molecule has 30 heavy (non-hydrogen) atoms. The molecule has 3 heterocycles. The number of aromatic nitrogens is 3. The smallest absolute Gasteiger partial charge is 0.307 e. The highest BCUT2D eigenvalue weighted by Gasteiger charge is 2.29. The van der Waals surface area contributed by atoms with Crippen LogP contribution in [0.2, 0.25) is 0 Å². The van der Waals surface area contributed by atoms with Crippen molar-refractivity contribution in [2.24, 2.45) is 5.92 Å². The predicted molar refractivity (Wildman–Crippen MR) is 108 cm³/mol. The minimum Gasteiger partial charge on any atom is -0.361 e. The van der Waals surface area contributed by atoms with Crippen molar-refractivity contribution >= 4 is 11.6 Å². The fourth-order valence-electron chi connectivity index (χ4n) is 3.88. The van der Waals surface area contributed by atoms with E-state index >= 15 is 0 Å². The number of likely N-dealkylation sites (tertiary alicyclic amines) is 1. The summed E-state index contributed by atoms with van der Waals surface area (Å²) in [6, 6.07) is 10.4. The second-order valence-electron chi connectivity index (χ2n) is 7.64. The number of carbonyl (C=O) groups is 1. The third kappa shape index (κ3) is 4.24. The Hall–Kier alpha value is -3.49. The molecular weight excluding hydrogens is 386 g/mol. The highest BCUT2D eigenvalue weighted by atomic mass is 16.6. The number of nitrogens with zero attached hydrogens (tertiary/aromatic N) is 5. The van der Waals surface area contributed by atoms with E-state index < -0.39 is 4.92 Å². The SMILES string of the molecule is Cc1onc(C(=O)N2CCC(Cc3ccccc3)CC2)c1Cn1cc([N+](=O)[O-])cn1. The van der Waals surface area contributed by atoms with Crippen LogP contribution in [-0.4, -0.2) is 43.8 Å². The number of hydrogen-bond acceptors (Lipinski definition) is 6. The minimum atomic E-state index is -0.504. The number of hydrogen-bond donors (Lipinski definition) is 0. The first-order valence-corrected chi connectivity index (χ1v) is 9.96. The molecule has 4 rings (SSSR count). The number of amides is 1. The van der Waals surface area contributed by atoms with E-state index in [2.05, 4.69) is 34.5 Å². The van der Waals surface area contributed by atoms with Crippen molar-refractivity contribution in [3.63, 3.8) is 0 Å². The van der Waals surface area contributed by atoms with Gasteiger partial charge in [-0.15, -0.1) is 0 Å². The number of carbonyl (C=O) groups excluding carboxylic acids is 1. The molecule has 1 fully saturated rings. The molecule has 0 radical (unpaired) electrons. The maximum Gasteiger partial charge on any atom is 0.307 e. The Kier molecular flexibility index (Phi) is 5.60. The molecule has 0 unspecified atom stereocenters. The van der Waals surface area contributed by atoms with Gasteiger partial charge in [0.25, 0.3) is 5.91 Å². The van der Waals surface area contributed by atoms with Gasteiger partial charge in [0.15, 0.2) is 5.69 Å². The van der Waals surface area contributed by atoms with Crippen LogP contribution < -0.4 is 0 Å². The quantitative estimate of drug-likeness (QED) is 0.457. The average Bonchev–Trinajstić information content (AvgIpc) is 3.37. The summed E-state index contributed by atoms with van der Waals surface area (Å²) in [6.45, 7) is 3.27. The zero-order valence-electron chi connectivity index (χ0n) is 16.7. The monoisotopic (exact) mass is 409 g/mol. The van der Waals surface area contributed by atoms with Gasteiger partial charge >= 0.3 is 5.69 Å². The van der Waals surface area contributed by atoms with Crippen LogP contribution in [0.4, 0.5) is 5.69 Å². The van der Waals surface area contributed by atoms with Crippen LogP contribution in [0.5, 0.6) is 0 Å². The van der Waals surface area contributed by atoms with Gasteiger partial charge in [-0.25, -0.2) is 0 Å². The Balaban J connectivity index is 1.41. The van der Waals surface area contributed by atoms with E-state index in [1.54, 1.807) is 6.92 Å². The maximum atomic E-state index is 13.1. The lowest BCUT2D eigenvalue weighted by Gasteiger charge is -2.31. The average molecular weight is 409 g/mol. The van der Waals surface area contributed by atoms with Crippen molar-refractivity contribution in [2.75, 3.05) is 13.1 Å². The van der Waals surface area contributed by atoms with E-state index in [0.717, 1.165) is 19.3 Å². The Bertz CT molecular complexity index is 1030. The van der Waals surface area contributed by atoms with Gasteiger partial charge in [0.2, 0.25) is 0 Å². The van der Waals surface area contributed by atoms with E-state index in [1.165, 1.54) is 22.6 Å². The van der Waals surface area contributed by atoms with E-state index in [0.29, 0.717) is 30.3 Å². The topological polar surface area (TPSA) is 107 Å². The molecule has 1 aliphatic heterocycles. The van der Waals surface area contributed by atoms with Crippen LogP contribution in [-0.2, 0) is 13.0 Å². The predicted octanol–water partition coefficient (Wildman–Crippen LogP) is 3.23. The molecule has 0 atom stereocenters. The van der Waals surface area contributed by atoms with E-state index in [-0.39, 0.29) is 23.8 Å². The minimum absolute atomic E-state index is 0.0996. The summed E-state index contributed by atoms with van der Waals surface area (Å²) in [4.78, 5) is 25.2.